The molecular weight excluding hydrogens is 390 g/mol. The van der Waals surface area contributed by atoms with Crippen LogP contribution in [-0.4, -0.2) is 34.5 Å². The Bertz CT molecular complexity index is 1000. The zero-order chi connectivity index (χ0) is 22.0. The summed E-state index contributed by atoms with van der Waals surface area (Å²) in [5, 5.41) is 0. The molecule has 0 amide bonds. The molecule has 3 heteroatoms. The van der Waals surface area contributed by atoms with E-state index in [0.29, 0.717) is 5.92 Å². The van der Waals surface area contributed by atoms with Crippen molar-refractivity contribution in [3.63, 3.8) is 0 Å². The number of rotatable bonds is 10. The molecule has 4 aromatic rings. The molecule has 2 aromatic carbocycles. The van der Waals surface area contributed by atoms with Crippen molar-refractivity contribution in [3.8, 4) is 0 Å². The third kappa shape index (κ3) is 6.35. The van der Waals surface area contributed by atoms with E-state index in [1.54, 1.807) is 0 Å². The van der Waals surface area contributed by atoms with Gasteiger partial charge in [0, 0.05) is 62.2 Å². The van der Waals surface area contributed by atoms with Crippen LogP contribution >= 0.6 is 0 Å². The van der Waals surface area contributed by atoms with Gasteiger partial charge in [-0.3, -0.25) is 9.97 Å². The van der Waals surface area contributed by atoms with Gasteiger partial charge in [-0.15, -0.1) is 0 Å². The van der Waals surface area contributed by atoms with Crippen LogP contribution in [0.1, 0.15) is 34.0 Å². The van der Waals surface area contributed by atoms with E-state index in [1.165, 1.54) is 16.7 Å². The second-order valence-electron chi connectivity index (χ2n) is 8.32. The number of nitrogens with zero attached hydrogens (tertiary/aromatic N) is 3. The van der Waals surface area contributed by atoms with E-state index in [-0.39, 0.29) is 0 Å². The predicted molar refractivity (Wildman–Crippen MR) is 132 cm³/mol. The largest absolute Gasteiger partial charge is 0.302 e. The van der Waals surface area contributed by atoms with Gasteiger partial charge in [-0.2, -0.15) is 0 Å². The molecule has 1 unspecified atom stereocenters. The fraction of sp³-hybridized carbons (Fsp3) is 0.241. The summed E-state index contributed by atoms with van der Waals surface area (Å²) in [5.74, 6) is 0.323. The first kappa shape index (κ1) is 21.9. The molecule has 3 nitrogen and oxygen atoms in total. The SMILES string of the molecule is Cc1ccc(C(CN(CCc2ccccn2)CCc2ccccn2)c2ccccc2)cc1. The third-order valence-electron chi connectivity index (χ3n) is 5.94. The Morgan fingerprint density at radius 3 is 1.69 bits per heavy atom. The van der Waals surface area contributed by atoms with Crippen molar-refractivity contribution in [3.05, 3.63) is 131 Å². The second kappa shape index (κ2) is 11.4. The Hall–Kier alpha value is -3.30. The van der Waals surface area contributed by atoms with Gasteiger partial charge in [-0.25, -0.2) is 0 Å². The highest BCUT2D eigenvalue weighted by Gasteiger charge is 2.19. The molecule has 162 valence electrons. The third-order valence-corrected chi connectivity index (χ3v) is 5.94. The lowest BCUT2D eigenvalue weighted by Crippen LogP contribution is -2.33. The monoisotopic (exact) mass is 421 g/mol. The molecule has 2 heterocycles. The van der Waals surface area contributed by atoms with E-state index in [4.69, 9.17) is 0 Å². The van der Waals surface area contributed by atoms with Crippen LogP contribution in [0, 0.1) is 6.92 Å². The molecule has 0 spiro atoms. The highest BCUT2D eigenvalue weighted by atomic mass is 15.1. The number of hydrogen-bond acceptors (Lipinski definition) is 3. The minimum absolute atomic E-state index is 0.323. The Balaban J connectivity index is 1.55. The fourth-order valence-electron chi connectivity index (χ4n) is 4.08. The second-order valence-corrected chi connectivity index (χ2v) is 8.32. The van der Waals surface area contributed by atoms with E-state index < -0.39 is 0 Å². The topological polar surface area (TPSA) is 29.0 Å². The summed E-state index contributed by atoms with van der Waals surface area (Å²) >= 11 is 0. The Kier molecular flexibility index (Phi) is 7.78. The number of aromatic nitrogens is 2. The van der Waals surface area contributed by atoms with E-state index in [1.807, 2.05) is 24.5 Å². The molecular formula is C29H31N3. The summed E-state index contributed by atoms with van der Waals surface area (Å²) in [6, 6.07) is 32.2. The fourth-order valence-corrected chi connectivity index (χ4v) is 4.08. The lowest BCUT2D eigenvalue weighted by atomic mass is 9.90. The molecule has 0 aliphatic rings. The number of benzene rings is 2. The van der Waals surface area contributed by atoms with Crippen LogP contribution in [0.15, 0.2) is 103 Å². The molecule has 0 aliphatic carbocycles. The molecule has 4 rings (SSSR count). The first-order valence-electron chi connectivity index (χ1n) is 11.4. The summed E-state index contributed by atoms with van der Waals surface area (Å²) in [6.45, 7) is 5.05. The standard InChI is InChI=1S/C29H31N3/c1-24-13-15-26(16-14-24)29(25-9-3-2-4-10-25)23-32(21-17-27-11-5-7-19-30-27)22-18-28-12-6-8-20-31-28/h2-16,19-20,29H,17-18,21-23H2,1H3. The molecule has 0 aliphatic heterocycles. The number of aryl methyl sites for hydroxylation is 1. The van der Waals surface area contributed by atoms with Crippen LogP contribution < -0.4 is 0 Å². The summed E-state index contributed by atoms with van der Waals surface area (Å²) in [7, 11) is 0. The van der Waals surface area contributed by atoms with Crippen LogP contribution in [0.5, 0.6) is 0 Å². The van der Waals surface area contributed by atoms with Gasteiger partial charge < -0.3 is 4.90 Å². The van der Waals surface area contributed by atoms with E-state index in [9.17, 15) is 0 Å². The first-order valence-corrected chi connectivity index (χ1v) is 11.4. The van der Waals surface area contributed by atoms with Gasteiger partial charge in [-0.05, 0) is 42.3 Å². The van der Waals surface area contributed by atoms with Crippen molar-refractivity contribution in [1.82, 2.24) is 14.9 Å². The zero-order valence-corrected chi connectivity index (χ0v) is 18.8. The smallest absolute Gasteiger partial charge is 0.0416 e. The summed E-state index contributed by atoms with van der Waals surface area (Å²) < 4.78 is 0. The normalized spacial score (nSPS) is 12.1. The van der Waals surface area contributed by atoms with Crippen molar-refractivity contribution < 1.29 is 0 Å². The molecule has 0 saturated heterocycles. The molecule has 0 radical (unpaired) electrons. The average Bonchev–Trinajstić information content (AvgIpc) is 2.86. The van der Waals surface area contributed by atoms with Gasteiger partial charge in [0.2, 0.25) is 0 Å². The minimum atomic E-state index is 0.323. The van der Waals surface area contributed by atoms with Gasteiger partial charge in [0.05, 0.1) is 0 Å². The summed E-state index contributed by atoms with van der Waals surface area (Å²) in [4.78, 5) is 11.6. The van der Waals surface area contributed by atoms with Crippen LogP contribution in [0.4, 0.5) is 0 Å². The van der Waals surface area contributed by atoms with Crippen molar-refractivity contribution in [2.45, 2.75) is 25.7 Å². The maximum atomic E-state index is 4.54. The van der Waals surface area contributed by atoms with Crippen molar-refractivity contribution >= 4 is 0 Å². The van der Waals surface area contributed by atoms with Crippen molar-refractivity contribution in [1.29, 1.82) is 0 Å². The van der Waals surface area contributed by atoms with Crippen LogP contribution in [0.2, 0.25) is 0 Å². The number of hydrogen-bond donors (Lipinski definition) is 0. The quantitative estimate of drug-likeness (QED) is 0.329. The average molecular weight is 422 g/mol. The van der Waals surface area contributed by atoms with Crippen LogP contribution in [0.25, 0.3) is 0 Å². The molecule has 0 N–H and O–H groups in total. The van der Waals surface area contributed by atoms with Crippen molar-refractivity contribution in [2.75, 3.05) is 19.6 Å². The van der Waals surface area contributed by atoms with E-state index >= 15 is 0 Å². The Labute approximate surface area is 191 Å². The molecule has 2 aromatic heterocycles. The van der Waals surface area contributed by atoms with E-state index in [2.05, 4.69) is 101 Å². The van der Waals surface area contributed by atoms with Gasteiger partial charge >= 0.3 is 0 Å². The lowest BCUT2D eigenvalue weighted by molar-refractivity contribution is 0.270. The Morgan fingerprint density at radius 2 is 1.16 bits per heavy atom. The maximum Gasteiger partial charge on any atom is 0.0416 e. The van der Waals surface area contributed by atoms with Crippen LogP contribution in [0.3, 0.4) is 0 Å². The van der Waals surface area contributed by atoms with E-state index in [0.717, 1.165) is 43.9 Å². The maximum absolute atomic E-state index is 4.54. The summed E-state index contributed by atoms with van der Waals surface area (Å²) in [6.07, 6.45) is 5.65. The highest BCUT2D eigenvalue weighted by molar-refractivity contribution is 5.34. The van der Waals surface area contributed by atoms with Gasteiger partial charge in [0.15, 0.2) is 0 Å². The van der Waals surface area contributed by atoms with Gasteiger partial charge in [-0.1, -0.05) is 72.3 Å². The summed E-state index contributed by atoms with van der Waals surface area (Å²) in [5.41, 5.74) is 6.30. The minimum Gasteiger partial charge on any atom is -0.302 e. The predicted octanol–water partition coefficient (Wildman–Crippen LogP) is 5.70. The van der Waals surface area contributed by atoms with Crippen LogP contribution in [-0.2, 0) is 12.8 Å². The van der Waals surface area contributed by atoms with Gasteiger partial charge in [0.25, 0.3) is 0 Å². The zero-order valence-electron chi connectivity index (χ0n) is 18.8. The molecule has 0 fully saturated rings. The lowest BCUT2D eigenvalue weighted by Gasteiger charge is -2.28. The van der Waals surface area contributed by atoms with Gasteiger partial charge in [0.1, 0.15) is 0 Å². The number of pyridine rings is 2. The molecule has 0 saturated carbocycles. The highest BCUT2D eigenvalue weighted by Crippen LogP contribution is 2.26. The first-order chi connectivity index (χ1) is 15.8. The molecule has 32 heavy (non-hydrogen) atoms. The Morgan fingerprint density at radius 1 is 0.625 bits per heavy atom. The van der Waals surface area contributed by atoms with Crippen molar-refractivity contribution in [2.24, 2.45) is 0 Å². The molecule has 1 atom stereocenters. The molecule has 0 bridgehead atoms.